The van der Waals surface area contributed by atoms with Crippen LogP contribution in [0.4, 0.5) is 0 Å². The largest absolute Gasteiger partial charge is 0.330 e. The van der Waals surface area contributed by atoms with E-state index in [1.807, 2.05) is 26.0 Å². The van der Waals surface area contributed by atoms with Crippen molar-refractivity contribution in [2.45, 2.75) is 25.2 Å². The fourth-order valence-corrected chi connectivity index (χ4v) is 3.06. The summed E-state index contributed by atoms with van der Waals surface area (Å²) < 4.78 is 26.0. The van der Waals surface area contributed by atoms with Gasteiger partial charge in [-0.15, -0.1) is 0 Å². The minimum absolute atomic E-state index is 0.349. The molecule has 0 spiro atoms. The topological polar surface area (TPSA) is 63.4 Å². The van der Waals surface area contributed by atoms with Gasteiger partial charge < -0.3 is 5.73 Å². The van der Waals surface area contributed by atoms with E-state index in [9.17, 15) is 8.42 Å². The van der Waals surface area contributed by atoms with Gasteiger partial charge in [0.25, 0.3) is 0 Å². The smallest absolute Gasteiger partial charge is 0.243 e. The van der Waals surface area contributed by atoms with Crippen LogP contribution in [-0.4, -0.2) is 32.4 Å². The molecule has 0 aliphatic rings. The molecular weight excluding hydrogens is 236 g/mol. The molecule has 0 aliphatic carbocycles. The van der Waals surface area contributed by atoms with E-state index in [0.717, 1.165) is 5.56 Å². The number of benzene rings is 1. The first-order chi connectivity index (χ1) is 8.02. The van der Waals surface area contributed by atoms with Gasteiger partial charge in [0, 0.05) is 13.1 Å². The third kappa shape index (κ3) is 3.52. The first kappa shape index (κ1) is 14.2. The first-order valence-corrected chi connectivity index (χ1v) is 7.23. The molecule has 0 heterocycles. The highest BCUT2D eigenvalue weighted by Gasteiger charge is 2.21. The van der Waals surface area contributed by atoms with Crippen molar-refractivity contribution in [1.29, 1.82) is 0 Å². The fraction of sp³-hybridized carbons (Fsp3) is 0.500. The average Bonchev–Trinajstić information content (AvgIpc) is 2.30. The number of nitrogens with zero attached hydrogens (tertiary/aromatic N) is 1. The van der Waals surface area contributed by atoms with Gasteiger partial charge in [-0.2, -0.15) is 4.31 Å². The summed E-state index contributed by atoms with van der Waals surface area (Å²) in [4.78, 5) is 0.349. The Balaban J connectivity index is 2.95. The second-order valence-electron chi connectivity index (χ2n) is 3.95. The van der Waals surface area contributed by atoms with Gasteiger partial charge in [0.15, 0.2) is 0 Å². The van der Waals surface area contributed by atoms with E-state index in [1.54, 1.807) is 12.1 Å². The second-order valence-corrected chi connectivity index (χ2v) is 5.89. The van der Waals surface area contributed by atoms with E-state index >= 15 is 0 Å². The van der Waals surface area contributed by atoms with E-state index in [-0.39, 0.29) is 0 Å². The van der Waals surface area contributed by atoms with Crippen LogP contribution in [0.5, 0.6) is 0 Å². The number of hydrogen-bond acceptors (Lipinski definition) is 3. The van der Waals surface area contributed by atoms with Crippen molar-refractivity contribution in [2.24, 2.45) is 5.73 Å². The van der Waals surface area contributed by atoms with Crippen LogP contribution in [0.15, 0.2) is 29.2 Å². The van der Waals surface area contributed by atoms with Crippen molar-refractivity contribution in [1.82, 2.24) is 4.31 Å². The lowest BCUT2D eigenvalue weighted by Gasteiger charge is -2.20. The standard InChI is InChI=1S/C12H20N2O2S/c1-3-14(10-4-9-13)17(15,16)12-7-5-11(2)6-8-12/h5-8H,3-4,9-10,13H2,1-2H3. The normalized spacial score (nSPS) is 12.0. The molecule has 0 saturated heterocycles. The molecule has 5 heteroatoms. The van der Waals surface area contributed by atoms with E-state index < -0.39 is 10.0 Å². The Labute approximate surface area is 103 Å². The van der Waals surface area contributed by atoms with Crippen molar-refractivity contribution >= 4 is 10.0 Å². The van der Waals surface area contributed by atoms with Crippen LogP contribution in [0.1, 0.15) is 18.9 Å². The maximum absolute atomic E-state index is 12.3. The van der Waals surface area contributed by atoms with E-state index in [0.29, 0.717) is 31.0 Å². The van der Waals surface area contributed by atoms with Crippen molar-refractivity contribution in [3.63, 3.8) is 0 Å². The van der Waals surface area contributed by atoms with E-state index in [4.69, 9.17) is 5.73 Å². The van der Waals surface area contributed by atoms with Crippen LogP contribution in [-0.2, 0) is 10.0 Å². The lowest BCUT2D eigenvalue weighted by molar-refractivity contribution is 0.423. The minimum Gasteiger partial charge on any atom is -0.330 e. The second kappa shape index (κ2) is 6.14. The molecule has 1 aromatic rings. The van der Waals surface area contributed by atoms with Crippen molar-refractivity contribution < 1.29 is 8.42 Å². The van der Waals surface area contributed by atoms with E-state index in [2.05, 4.69) is 0 Å². The quantitative estimate of drug-likeness (QED) is 0.835. The summed E-state index contributed by atoms with van der Waals surface area (Å²) in [5, 5.41) is 0. The van der Waals surface area contributed by atoms with Crippen LogP contribution in [0.25, 0.3) is 0 Å². The molecule has 96 valence electrons. The zero-order valence-electron chi connectivity index (χ0n) is 10.4. The lowest BCUT2D eigenvalue weighted by atomic mass is 10.2. The molecule has 0 aromatic heterocycles. The van der Waals surface area contributed by atoms with Crippen LogP contribution < -0.4 is 5.73 Å². The van der Waals surface area contributed by atoms with Gasteiger partial charge >= 0.3 is 0 Å². The van der Waals surface area contributed by atoms with Gasteiger partial charge in [0.2, 0.25) is 10.0 Å². The molecule has 17 heavy (non-hydrogen) atoms. The molecule has 1 rings (SSSR count). The van der Waals surface area contributed by atoms with Crippen molar-refractivity contribution in [2.75, 3.05) is 19.6 Å². The molecule has 1 aromatic carbocycles. The monoisotopic (exact) mass is 256 g/mol. The first-order valence-electron chi connectivity index (χ1n) is 5.79. The minimum atomic E-state index is -3.36. The molecule has 0 unspecified atom stereocenters. The molecule has 0 bridgehead atoms. The Kier molecular flexibility index (Phi) is 5.11. The zero-order chi connectivity index (χ0) is 12.9. The molecule has 0 aliphatic heterocycles. The Hall–Kier alpha value is -0.910. The van der Waals surface area contributed by atoms with Gasteiger partial charge in [-0.1, -0.05) is 24.6 Å². The molecule has 0 saturated carbocycles. The number of aryl methyl sites for hydroxylation is 1. The van der Waals surface area contributed by atoms with Gasteiger partial charge in [0.05, 0.1) is 4.90 Å². The SMILES string of the molecule is CCN(CCCN)S(=O)(=O)c1ccc(C)cc1. The summed E-state index contributed by atoms with van der Waals surface area (Å²) in [6.07, 6.45) is 0.679. The van der Waals surface area contributed by atoms with Crippen molar-refractivity contribution in [3.05, 3.63) is 29.8 Å². The Morgan fingerprint density at radius 3 is 2.29 bits per heavy atom. The maximum atomic E-state index is 12.3. The predicted octanol–water partition coefficient (Wildman–Crippen LogP) is 1.35. The molecule has 0 atom stereocenters. The van der Waals surface area contributed by atoms with Crippen LogP contribution in [0.3, 0.4) is 0 Å². The third-order valence-electron chi connectivity index (χ3n) is 2.62. The summed E-state index contributed by atoms with van der Waals surface area (Å²) in [5.74, 6) is 0. The molecule has 0 amide bonds. The van der Waals surface area contributed by atoms with Crippen molar-refractivity contribution in [3.8, 4) is 0 Å². The lowest BCUT2D eigenvalue weighted by Crippen LogP contribution is -2.32. The summed E-state index contributed by atoms with van der Waals surface area (Å²) in [6.45, 7) is 5.21. The van der Waals surface area contributed by atoms with Crippen LogP contribution >= 0.6 is 0 Å². The molecule has 0 fully saturated rings. The highest BCUT2D eigenvalue weighted by molar-refractivity contribution is 7.89. The third-order valence-corrected chi connectivity index (χ3v) is 4.61. The number of rotatable bonds is 6. The highest BCUT2D eigenvalue weighted by atomic mass is 32.2. The van der Waals surface area contributed by atoms with Crippen LogP contribution in [0, 0.1) is 6.92 Å². The predicted molar refractivity (Wildman–Crippen MR) is 69.3 cm³/mol. The molecular formula is C12H20N2O2S. The van der Waals surface area contributed by atoms with Gasteiger partial charge in [-0.25, -0.2) is 8.42 Å². The zero-order valence-corrected chi connectivity index (χ0v) is 11.2. The molecule has 0 radical (unpaired) electrons. The fourth-order valence-electron chi connectivity index (χ4n) is 1.58. The number of sulfonamides is 1. The Bertz CT molecular complexity index is 440. The molecule has 4 nitrogen and oxygen atoms in total. The Morgan fingerprint density at radius 1 is 1.24 bits per heavy atom. The highest BCUT2D eigenvalue weighted by Crippen LogP contribution is 2.16. The summed E-state index contributed by atoms with van der Waals surface area (Å²) >= 11 is 0. The summed E-state index contributed by atoms with van der Waals surface area (Å²) in [7, 11) is -3.36. The van der Waals surface area contributed by atoms with Gasteiger partial charge in [-0.05, 0) is 32.0 Å². The summed E-state index contributed by atoms with van der Waals surface area (Å²) in [5.41, 5.74) is 6.46. The van der Waals surface area contributed by atoms with Gasteiger partial charge in [-0.3, -0.25) is 0 Å². The maximum Gasteiger partial charge on any atom is 0.243 e. The Morgan fingerprint density at radius 2 is 1.82 bits per heavy atom. The average molecular weight is 256 g/mol. The van der Waals surface area contributed by atoms with Gasteiger partial charge in [0.1, 0.15) is 0 Å². The number of hydrogen-bond donors (Lipinski definition) is 1. The number of nitrogens with two attached hydrogens (primary N) is 1. The van der Waals surface area contributed by atoms with E-state index in [1.165, 1.54) is 4.31 Å². The van der Waals surface area contributed by atoms with Crippen LogP contribution in [0.2, 0.25) is 0 Å². The molecule has 2 N–H and O–H groups in total. The summed E-state index contributed by atoms with van der Waals surface area (Å²) in [6, 6.07) is 6.92.